The first-order valence-electron chi connectivity index (χ1n) is 7.55. The molecule has 0 aromatic carbocycles. The molecule has 2 nitrogen and oxygen atoms in total. The minimum Gasteiger partial charge on any atom is -0.465 e. The van der Waals surface area contributed by atoms with Crippen LogP contribution in [0.4, 0.5) is 0 Å². The average Bonchev–Trinajstić information content (AvgIpc) is 2.95. The van der Waals surface area contributed by atoms with Crippen molar-refractivity contribution >= 4 is 11.9 Å². The molecule has 0 aliphatic heterocycles. The lowest BCUT2D eigenvalue weighted by atomic mass is 9.56. The summed E-state index contributed by atoms with van der Waals surface area (Å²) < 4.78 is 5.36. The molecule has 102 valence electrons. The molecule has 3 rings (SSSR count). The summed E-state index contributed by atoms with van der Waals surface area (Å²) in [6, 6.07) is 3.80. The van der Waals surface area contributed by atoms with Gasteiger partial charge in [-0.3, -0.25) is 4.79 Å². The van der Waals surface area contributed by atoms with Crippen LogP contribution in [0.15, 0.2) is 28.4 Å². The van der Waals surface area contributed by atoms with Crippen LogP contribution in [0.3, 0.4) is 0 Å². The largest absolute Gasteiger partial charge is 0.465 e. The fourth-order valence-electron chi connectivity index (χ4n) is 4.10. The number of furan rings is 1. The Labute approximate surface area is 114 Å². The van der Waals surface area contributed by atoms with E-state index in [-0.39, 0.29) is 5.41 Å². The van der Waals surface area contributed by atoms with Crippen LogP contribution in [0.5, 0.6) is 0 Å². The van der Waals surface area contributed by atoms with E-state index >= 15 is 0 Å². The van der Waals surface area contributed by atoms with Gasteiger partial charge >= 0.3 is 0 Å². The molecule has 1 unspecified atom stereocenters. The SMILES string of the molecule is CC[C@@]12CCCCC1CC/C(=C/c1ccco1)C2=O. The van der Waals surface area contributed by atoms with E-state index in [0.717, 1.165) is 30.6 Å². The van der Waals surface area contributed by atoms with Crippen molar-refractivity contribution in [2.75, 3.05) is 0 Å². The highest BCUT2D eigenvalue weighted by atomic mass is 16.3. The van der Waals surface area contributed by atoms with Crippen molar-refractivity contribution in [3.63, 3.8) is 0 Å². The van der Waals surface area contributed by atoms with Gasteiger partial charge in [-0.2, -0.15) is 0 Å². The molecule has 1 aromatic rings. The maximum absolute atomic E-state index is 12.9. The third-order valence-corrected chi connectivity index (χ3v) is 5.20. The van der Waals surface area contributed by atoms with Gasteiger partial charge in [0, 0.05) is 5.41 Å². The molecular formula is C17H22O2. The zero-order chi connectivity index (χ0) is 13.3. The Morgan fingerprint density at radius 1 is 1.42 bits per heavy atom. The highest BCUT2D eigenvalue weighted by Crippen LogP contribution is 2.52. The molecule has 0 amide bonds. The molecule has 2 heteroatoms. The number of Topliss-reactive ketones (excluding diaryl/α,β-unsaturated/α-hetero) is 1. The second kappa shape index (κ2) is 4.99. The van der Waals surface area contributed by atoms with Gasteiger partial charge in [0.25, 0.3) is 0 Å². The number of hydrogen-bond acceptors (Lipinski definition) is 2. The predicted octanol–water partition coefficient (Wildman–Crippen LogP) is 4.61. The molecule has 0 spiro atoms. The molecule has 19 heavy (non-hydrogen) atoms. The Morgan fingerprint density at radius 2 is 2.32 bits per heavy atom. The maximum Gasteiger partial charge on any atom is 0.165 e. The number of ketones is 1. The van der Waals surface area contributed by atoms with E-state index in [1.807, 2.05) is 18.2 Å². The van der Waals surface area contributed by atoms with Crippen LogP contribution in [0, 0.1) is 11.3 Å². The lowest BCUT2D eigenvalue weighted by Gasteiger charge is -2.46. The van der Waals surface area contributed by atoms with Crippen LogP contribution >= 0.6 is 0 Å². The van der Waals surface area contributed by atoms with Crippen molar-refractivity contribution in [2.24, 2.45) is 11.3 Å². The Bertz CT molecular complexity index is 483. The van der Waals surface area contributed by atoms with Gasteiger partial charge in [-0.05, 0) is 61.8 Å². The van der Waals surface area contributed by atoms with Gasteiger partial charge in [0.05, 0.1) is 6.26 Å². The van der Waals surface area contributed by atoms with Crippen LogP contribution < -0.4 is 0 Å². The molecule has 0 saturated heterocycles. The van der Waals surface area contributed by atoms with Crippen molar-refractivity contribution in [3.05, 3.63) is 29.7 Å². The van der Waals surface area contributed by atoms with E-state index in [2.05, 4.69) is 6.92 Å². The summed E-state index contributed by atoms with van der Waals surface area (Å²) >= 11 is 0. The van der Waals surface area contributed by atoms with E-state index in [9.17, 15) is 4.79 Å². The molecule has 2 saturated carbocycles. The van der Waals surface area contributed by atoms with Crippen LogP contribution in [0.25, 0.3) is 6.08 Å². The Morgan fingerprint density at radius 3 is 3.05 bits per heavy atom. The van der Waals surface area contributed by atoms with Crippen molar-refractivity contribution < 1.29 is 9.21 Å². The van der Waals surface area contributed by atoms with Crippen molar-refractivity contribution in [1.29, 1.82) is 0 Å². The van der Waals surface area contributed by atoms with Crippen molar-refractivity contribution in [1.82, 2.24) is 0 Å². The van der Waals surface area contributed by atoms with Gasteiger partial charge in [0.1, 0.15) is 5.76 Å². The second-order valence-corrected chi connectivity index (χ2v) is 6.01. The molecule has 0 bridgehead atoms. The summed E-state index contributed by atoms with van der Waals surface area (Å²) in [5, 5.41) is 0. The second-order valence-electron chi connectivity index (χ2n) is 6.01. The average molecular weight is 258 g/mol. The van der Waals surface area contributed by atoms with Crippen LogP contribution in [0.2, 0.25) is 0 Å². The quantitative estimate of drug-likeness (QED) is 0.725. The van der Waals surface area contributed by atoms with Crippen LogP contribution in [-0.2, 0) is 4.79 Å². The monoisotopic (exact) mass is 258 g/mol. The zero-order valence-corrected chi connectivity index (χ0v) is 11.7. The van der Waals surface area contributed by atoms with Gasteiger partial charge in [0.15, 0.2) is 5.78 Å². The fraction of sp³-hybridized carbons (Fsp3) is 0.588. The first-order chi connectivity index (χ1) is 9.26. The molecular weight excluding hydrogens is 236 g/mol. The van der Waals surface area contributed by atoms with E-state index in [1.165, 1.54) is 25.7 Å². The lowest BCUT2D eigenvalue weighted by Crippen LogP contribution is -2.44. The number of carbonyl (C=O) groups excluding carboxylic acids is 1. The molecule has 1 heterocycles. The molecule has 2 fully saturated rings. The smallest absolute Gasteiger partial charge is 0.165 e. The van der Waals surface area contributed by atoms with Crippen molar-refractivity contribution in [2.45, 2.75) is 51.9 Å². The number of fused-ring (bicyclic) bond motifs is 1. The Balaban J connectivity index is 1.92. The first kappa shape index (κ1) is 12.7. The highest BCUT2D eigenvalue weighted by molar-refractivity contribution is 6.04. The Hall–Kier alpha value is -1.31. The summed E-state index contributed by atoms with van der Waals surface area (Å²) in [5.74, 6) is 1.83. The summed E-state index contributed by atoms with van der Waals surface area (Å²) in [5.41, 5.74) is 0.921. The summed E-state index contributed by atoms with van der Waals surface area (Å²) in [7, 11) is 0. The predicted molar refractivity (Wildman–Crippen MR) is 75.6 cm³/mol. The van der Waals surface area contributed by atoms with E-state index in [0.29, 0.717) is 11.7 Å². The van der Waals surface area contributed by atoms with E-state index in [1.54, 1.807) is 6.26 Å². The van der Waals surface area contributed by atoms with Gasteiger partial charge in [-0.1, -0.05) is 19.8 Å². The summed E-state index contributed by atoms with van der Waals surface area (Å²) in [6.45, 7) is 2.19. The number of rotatable bonds is 2. The number of allylic oxidation sites excluding steroid dienone is 1. The molecule has 1 aromatic heterocycles. The zero-order valence-electron chi connectivity index (χ0n) is 11.7. The van der Waals surface area contributed by atoms with Crippen LogP contribution in [-0.4, -0.2) is 5.78 Å². The Kier molecular flexibility index (Phi) is 3.34. The highest BCUT2D eigenvalue weighted by Gasteiger charge is 2.48. The first-order valence-corrected chi connectivity index (χ1v) is 7.55. The standard InChI is InChI=1S/C17H22O2/c1-2-17-10-4-3-6-14(17)9-8-13(16(17)18)12-15-7-5-11-19-15/h5,7,11-12,14H,2-4,6,8-10H2,1H3/b13-12-/t14?,17-/m1/s1. The molecule has 2 aliphatic rings. The molecule has 0 N–H and O–H groups in total. The van der Waals surface area contributed by atoms with Gasteiger partial charge < -0.3 is 4.42 Å². The minimum absolute atomic E-state index is 0.0606. The van der Waals surface area contributed by atoms with Gasteiger partial charge in [0.2, 0.25) is 0 Å². The topological polar surface area (TPSA) is 30.2 Å². The lowest BCUT2D eigenvalue weighted by molar-refractivity contribution is -0.133. The summed E-state index contributed by atoms with van der Waals surface area (Å²) in [6.07, 6.45) is 11.6. The third kappa shape index (κ3) is 2.07. The van der Waals surface area contributed by atoms with Crippen LogP contribution in [0.1, 0.15) is 57.6 Å². The number of carbonyl (C=O) groups is 1. The minimum atomic E-state index is -0.0606. The molecule has 0 radical (unpaired) electrons. The normalized spacial score (nSPS) is 33.4. The van der Waals surface area contributed by atoms with E-state index < -0.39 is 0 Å². The van der Waals surface area contributed by atoms with Gasteiger partial charge in [-0.25, -0.2) is 0 Å². The third-order valence-electron chi connectivity index (χ3n) is 5.20. The van der Waals surface area contributed by atoms with Gasteiger partial charge in [-0.15, -0.1) is 0 Å². The number of hydrogen-bond donors (Lipinski definition) is 0. The molecule has 2 aliphatic carbocycles. The van der Waals surface area contributed by atoms with E-state index in [4.69, 9.17) is 4.42 Å². The fourth-order valence-corrected chi connectivity index (χ4v) is 4.10. The maximum atomic E-state index is 12.9. The van der Waals surface area contributed by atoms with Crippen molar-refractivity contribution in [3.8, 4) is 0 Å². The molecule has 2 atom stereocenters. The summed E-state index contributed by atoms with van der Waals surface area (Å²) in [4.78, 5) is 12.9.